The van der Waals surface area contributed by atoms with Gasteiger partial charge < -0.3 is 14.8 Å². The average Bonchev–Trinajstić information content (AvgIpc) is 3.15. The zero-order valence-electron chi connectivity index (χ0n) is 21.6. The Morgan fingerprint density at radius 2 is 1.72 bits per heavy atom. The number of hydrogen-bond donors (Lipinski definition) is 1. The molecule has 188 valence electrons. The molecule has 0 aliphatic heterocycles. The largest absolute Gasteiger partial charge is 0.493 e. The summed E-state index contributed by atoms with van der Waals surface area (Å²) in [6.07, 6.45) is 2.91. The minimum Gasteiger partial charge on any atom is -0.493 e. The van der Waals surface area contributed by atoms with E-state index in [4.69, 9.17) is 14.5 Å². The van der Waals surface area contributed by atoms with Crippen LogP contribution in [-0.4, -0.2) is 28.0 Å². The fourth-order valence-electron chi connectivity index (χ4n) is 4.69. The number of esters is 1. The highest BCUT2D eigenvalue weighted by atomic mass is 19.1. The van der Waals surface area contributed by atoms with E-state index in [0.29, 0.717) is 5.75 Å². The number of nitrogens with zero attached hydrogens (tertiary/aromatic N) is 2. The lowest BCUT2D eigenvalue weighted by Crippen LogP contribution is -2.36. The first kappa shape index (κ1) is 25.2. The van der Waals surface area contributed by atoms with E-state index in [1.807, 2.05) is 34.9 Å². The molecule has 0 amide bonds. The van der Waals surface area contributed by atoms with Crippen molar-refractivity contribution in [3.05, 3.63) is 78.2 Å². The number of anilines is 1. The van der Waals surface area contributed by atoms with Gasteiger partial charge in [-0.25, -0.2) is 14.2 Å². The molecule has 0 spiro atoms. The summed E-state index contributed by atoms with van der Waals surface area (Å²) in [5.41, 5.74) is 2.11. The summed E-state index contributed by atoms with van der Waals surface area (Å²) < 4.78 is 27.1. The van der Waals surface area contributed by atoms with Crippen LogP contribution >= 0.6 is 0 Å². The number of fused-ring (bicyclic) bond motifs is 1. The number of carbonyl (C=O) groups is 1. The van der Waals surface area contributed by atoms with Crippen LogP contribution in [0.2, 0.25) is 0 Å². The number of hydrogen-bond acceptors (Lipinski definition) is 5. The van der Waals surface area contributed by atoms with Crippen LogP contribution in [0.15, 0.2) is 66.9 Å². The molecule has 0 aliphatic rings. The van der Waals surface area contributed by atoms with Gasteiger partial charge in [-0.15, -0.1) is 0 Å². The Morgan fingerprint density at radius 3 is 2.42 bits per heavy atom. The first-order valence-electron chi connectivity index (χ1n) is 11.9. The topological polar surface area (TPSA) is 64.9 Å². The highest BCUT2D eigenvalue weighted by molar-refractivity contribution is 5.92. The Labute approximate surface area is 211 Å². The quantitative estimate of drug-likeness (QED) is 0.224. The fraction of sp³-hybridized carbons (Fsp3) is 0.310. The standard InChI is InChI=1S/C29H32FN3O3/c1-28(2,3)18-29(4,5)32-26-25(31-24-13-9-10-16-33(24)26)19-14-15-22(23(17-19)35-6)36-27(34)20-11-7-8-12-21(20)30/h7-17,32H,18H2,1-6H3. The van der Waals surface area contributed by atoms with E-state index >= 15 is 0 Å². The molecule has 0 aliphatic carbocycles. The molecule has 4 aromatic rings. The SMILES string of the molecule is COc1cc(-c2nc3ccccn3c2NC(C)(C)CC(C)(C)C)ccc1OC(=O)c1ccccc1F. The number of rotatable bonds is 7. The van der Waals surface area contributed by atoms with Gasteiger partial charge in [-0.1, -0.05) is 39.0 Å². The summed E-state index contributed by atoms with van der Waals surface area (Å²) in [5, 5.41) is 3.71. The molecule has 0 bridgehead atoms. The van der Waals surface area contributed by atoms with Crippen molar-refractivity contribution in [3.63, 3.8) is 0 Å². The van der Waals surface area contributed by atoms with Gasteiger partial charge in [0.25, 0.3) is 0 Å². The molecule has 2 aromatic carbocycles. The van der Waals surface area contributed by atoms with Gasteiger partial charge in [-0.05, 0) is 68.1 Å². The molecule has 4 rings (SSSR count). The number of aromatic nitrogens is 2. The lowest BCUT2D eigenvalue weighted by atomic mass is 9.82. The molecule has 2 heterocycles. The van der Waals surface area contributed by atoms with Gasteiger partial charge in [0.1, 0.15) is 23.0 Å². The summed E-state index contributed by atoms with van der Waals surface area (Å²) in [6.45, 7) is 11.0. The number of nitrogens with one attached hydrogen (secondary N) is 1. The second-order valence-electron chi connectivity index (χ2n) is 10.7. The van der Waals surface area contributed by atoms with E-state index in [0.717, 1.165) is 29.1 Å². The van der Waals surface area contributed by atoms with Crippen LogP contribution in [0, 0.1) is 11.2 Å². The van der Waals surface area contributed by atoms with E-state index in [1.54, 1.807) is 18.2 Å². The van der Waals surface area contributed by atoms with Gasteiger partial charge in [0.2, 0.25) is 0 Å². The predicted molar refractivity (Wildman–Crippen MR) is 140 cm³/mol. The monoisotopic (exact) mass is 489 g/mol. The molecule has 2 aromatic heterocycles. The second-order valence-corrected chi connectivity index (χ2v) is 10.7. The van der Waals surface area contributed by atoms with Crippen LogP contribution in [0.5, 0.6) is 11.5 Å². The number of imidazole rings is 1. The molecule has 6 nitrogen and oxygen atoms in total. The first-order valence-corrected chi connectivity index (χ1v) is 11.9. The molecule has 0 atom stereocenters. The van der Waals surface area contributed by atoms with E-state index < -0.39 is 11.8 Å². The second kappa shape index (κ2) is 9.64. The summed E-state index contributed by atoms with van der Waals surface area (Å²) in [6, 6.07) is 16.8. The van der Waals surface area contributed by atoms with Gasteiger partial charge in [0, 0.05) is 17.3 Å². The maximum atomic E-state index is 14.0. The maximum absolute atomic E-state index is 14.0. The third kappa shape index (κ3) is 5.51. The lowest BCUT2D eigenvalue weighted by molar-refractivity contribution is 0.0725. The molecular formula is C29H32FN3O3. The predicted octanol–water partition coefficient (Wildman–Crippen LogP) is 6.99. The van der Waals surface area contributed by atoms with Crippen LogP contribution in [-0.2, 0) is 0 Å². The Hall–Kier alpha value is -3.87. The van der Waals surface area contributed by atoms with Crippen molar-refractivity contribution in [2.24, 2.45) is 5.41 Å². The van der Waals surface area contributed by atoms with E-state index in [1.165, 1.54) is 25.3 Å². The molecule has 7 heteroatoms. The van der Waals surface area contributed by atoms with Crippen molar-refractivity contribution in [3.8, 4) is 22.8 Å². The highest BCUT2D eigenvalue weighted by Crippen LogP contribution is 2.38. The number of carbonyl (C=O) groups excluding carboxylic acids is 1. The van der Waals surface area contributed by atoms with Crippen molar-refractivity contribution < 1.29 is 18.7 Å². The van der Waals surface area contributed by atoms with Crippen molar-refractivity contribution in [1.82, 2.24) is 9.38 Å². The normalized spacial score (nSPS) is 12.0. The average molecular weight is 490 g/mol. The zero-order chi connectivity index (χ0) is 26.1. The number of ether oxygens (including phenoxy) is 2. The number of halogens is 1. The summed E-state index contributed by atoms with van der Waals surface area (Å²) >= 11 is 0. The van der Waals surface area contributed by atoms with Crippen LogP contribution in [0.3, 0.4) is 0 Å². The van der Waals surface area contributed by atoms with Crippen LogP contribution < -0.4 is 14.8 Å². The van der Waals surface area contributed by atoms with Crippen molar-refractivity contribution in [2.75, 3.05) is 12.4 Å². The Morgan fingerprint density at radius 1 is 1.00 bits per heavy atom. The van der Waals surface area contributed by atoms with Crippen molar-refractivity contribution >= 4 is 17.4 Å². The molecule has 0 radical (unpaired) electrons. The van der Waals surface area contributed by atoms with E-state index in [2.05, 4.69) is 39.9 Å². The molecular weight excluding hydrogens is 457 g/mol. The van der Waals surface area contributed by atoms with Crippen LogP contribution in [0.4, 0.5) is 10.2 Å². The fourth-order valence-corrected chi connectivity index (χ4v) is 4.69. The molecule has 0 unspecified atom stereocenters. The minimum atomic E-state index is -0.793. The van der Waals surface area contributed by atoms with Crippen molar-refractivity contribution in [2.45, 2.75) is 46.6 Å². The molecule has 0 saturated heterocycles. The number of benzene rings is 2. The Bertz CT molecular complexity index is 1400. The molecule has 0 fully saturated rings. The Kier molecular flexibility index (Phi) is 6.76. The van der Waals surface area contributed by atoms with Crippen LogP contribution in [0.1, 0.15) is 51.4 Å². The third-order valence-corrected chi connectivity index (χ3v) is 5.69. The van der Waals surface area contributed by atoms with Gasteiger partial charge in [-0.3, -0.25) is 4.40 Å². The van der Waals surface area contributed by atoms with Crippen molar-refractivity contribution in [1.29, 1.82) is 0 Å². The number of pyridine rings is 1. The smallest absolute Gasteiger partial charge is 0.346 e. The summed E-state index contributed by atoms with van der Waals surface area (Å²) in [5.74, 6) is -0.0393. The summed E-state index contributed by atoms with van der Waals surface area (Å²) in [7, 11) is 1.49. The van der Waals surface area contributed by atoms with Crippen LogP contribution in [0.25, 0.3) is 16.9 Å². The first-order chi connectivity index (χ1) is 17.0. The molecule has 36 heavy (non-hydrogen) atoms. The third-order valence-electron chi connectivity index (χ3n) is 5.69. The van der Waals surface area contributed by atoms with Gasteiger partial charge in [-0.2, -0.15) is 0 Å². The minimum absolute atomic E-state index is 0.129. The highest BCUT2D eigenvalue weighted by Gasteiger charge is 2.28. The Balaban J connectivity index is 1.72. The molecule has 1 N–H and O–H groups in total. The number of methoxy groups -OCH3 is 1. The summed E-state index contributed by atoms with van der Waals surface area (Å²) in [4.78, 5) is 17.4. The van der Waals surface area contributed by atoms with Gasteiger partial charge >= 0.3 is 5.97 Å². The van der Waals surface area contributed by atoms with E-state index in [-0.39, 0.29) is 22.3 Å². The van der Waals surface area contributed by atoms with E-state index in [9.17, 15) is 9.18 Å². The maximum Gasteiger partial charge on any atom is 0.346 e. The van der Waals surface area contributed by atoms with Gasteiger partial charge in [0.15, 0.2) is 11.5 Å². The lowest BCUT2D eigenvalue weighted by Gasteiger charge is -2.34. The van der Waals surface area contributed by atoms with Gasteiger partial charge in [0.05, 0.1) is 12.7 Å². The molecule has 0 saturated carbocycles. The zero-order valence-corrected chi connectivity index (χ0v) is 21.6.